The predicted molar refractivity (Wildman–Crippen MR) is 16.7 cm³/mol. The van der Waals surface area contributed by atoms with Crippen LogP contribution in [0.15, 0.2) is 0 Å². The molecule has 0 heterocycles. The summed E-state index contributed by atoms with van der Waals surface area (Å²) in [5.74, 6) is 0. The van der Waals surface area contributed by atoms with Gasteiger partial charge in [-0.3, -0.25) is 0 Å². The van der Waals surface area contributed by atoms with E-state index in [1.165, 1.54) is 6.26 Å². The van der Waals surface area contributed by atoms with Crippen LogP contribution in [0.5, 0.6) is 0 Å². The van der Waals surface area contributed by atoms with Gasteiger partial charge in [-0.15, -0.1) is 0 Å². The maximum atomic E-state index is 9.11. The second-order valence-corrected chi connectivity index (χ2v) is 1.27. The fraction of sp³-hybridized carbons (Fsp3) is 1.00. The summed E-state index contributed by atoms with van der Waals surface area (Å²) in [6.45, 7) is 0. The van der Waals surface area contributed by atoms with E-state index >= 15 is 0 Å². The zero-order valence-corrected chi connectivity index (χ0v) is 4.86. The van der Waals surface area contributed by atoms with Crippen molar-refractivity contribution in [3.05, 3.63) is 0 Å². The van der Waals surface area contributed by atoms with E-state index in [4.69, 9.17) is 8.76 Å². The van der Waals surface area contributed by atoms with Crippen molar-refractivity contribution in [2.24, 2.45) is 0 Å². The summed E-state index contributed by atoms with van der Waals surface area (Å²) >= 11 is -1.61. The van der Waals surface area contributed by atoms with Crippen molar-refractivity contribution in [1.29, 1.82) is 0 Å². The van der Waals surface area contributed by atoms with Gasteiger partial charge in [-0.25, -0.2) is 4.21 Å². The molecule has 0 aromatic rings. The summed E-state index contributed by atoms with van der Waals surface area (Å²) < 4.78 is 16.6. The van der Waals surface area contributed by atoms with Gasteiger partial charge in [0, 0.05) is 28.6 Å². The summed E-state index contributed by atoms with van der Waals surface area (Å²) in [5, 5.41) is 0. The molecule has 1 unspecified atom stereocenters. The van der Waals surface area contributed by atoms with E-state index in [9.17, 15) is 0 Å². The Morgan fingerprint density at radius 3 is 1.80 bits per heavy atom. The summed E-state index contributed by atoms with van der Waals surface area (Å²) in [4.78, 5) is 0. The summed E-state index contributed by atoms with van der Waals surface area (Å²) in [6, 6.07) is 0. The average Bonchev–Trinajstić information content (AvgIpc) is 0.811. The molecular weight excluding hydrogens is 184 g/mol. The van der Waals surface area contributed by atoms with Gasteiger partial charge in [0.25, 0.3) is 0 Å². The smallest absolute Gasteiger partial charge is 0.149 e. The molecule has 2 nitrogen and oxygen atoms in total. The van der Waals surface area contributed by atoms with Gasteiger partial charge >= 0.3 is 0 Å². The van der Waals surface area contributed by atoms with E-state index in [0.29, 0.717) is 0 Å². The molecule has 0 saturated carbocycles. The zero-order chi connectivity index (χ0) is 3.58. The zero-order valence-electron chi connectivity index (χ0n) is 2.57. The van der Waals surface area contributed by atoms with Crippen molar-refractivity contribution >= 4 is 11.1 Å². The van der Waals surface area contributed by atoms with Crippen molar-refractivity contribution < 1.29 is 31.1 Å². The molecule has 0 spiro atoms. The van der Waals surface area contributed by atoms with Crippen LogP contribution in [0.2, 0.25) is 0 Å². The van der Waals surface area contributed by atoms with Crippen LogP contribution in [0.25, 0.3) is 0 Å². The first-order valence-electron chi connectivity index (χ1n) is 0.757. The molecule has 37 valence electrons. The van der Waals surface area contributed by atoms with Gasteiger partial charge in [0.2, 0.25) is 0 Å². The topological polar surface area (TPSA) is 37.3 Å². The normalized spacial score (nSPS) is 12.4. The summed E-state index contributed by atoms with van der Waals surface area (Å²) in [6.07, 6.45) is 1.19. The third-order valence-electron chi connectivity index (χ3n) is 0. The van der Waals surface area contributed by atoms with Crippen molar-refractivity contribution in [2.45, 2.75) is 0 Å². The maximum Gasteiger partial charge on any atom is 0.149 e. The molecule has 0 aliphatic carbocycles. The molecule has 0 amide bonds. The fourth-order valence-corrected chi connectivity index (χ4v) is 0. The van der Waals surface area contributed by atoms with Crippen LogP contribution in [0.4, 0.5) is 0 Å². The van der Waals surface area contributed by atoms with Gasteiger partial charge in [-0.2, -0.15) is 0 Å². The Balaban J connectivity index is 0. The van der Waals surface area contributed by atoms with Crippen molar-refractivity contribution in [1.82, 2.24) is 0 Å². The van der Waals surface area contributed by atoms with E-state index in [0.717, 1.165) is 0 Å². The van der Waals surface area contributed by atoms with Crippen LogP contribution >= 0.6 is 0 Å². The first-order chi connectivity index (χ1) is 1.73. The van der Waals surface area contributed by atoms with Crippen molar-refractivity contribution in [2.75, 3.05) is 6.26 Å². The summed E-state index contributed by atoms with van der Waals surface area (Å²) in [7, 11) is 0. The monoisotopic (exact) mass is 187 g/mol. The molecule has 0 rings (SSSR count). The molecule has 0 saturated heterocycles. The third-order valence-corrected chi connectivity index (χ3v) is 0. The van der Waals surface area contributed by atoms with Crippen molar-refractivity contribution in [3.63, 3.8) is 0 Å². The van der Waals surface area contributed by atoms with Crippen LogP contribution in [0.1, 0.15) is 0 Å². The maximum absolute atomic E-state index is 9.11. The van der Waals surface area contributed by atoms with Gasteiger partial charge in [-0.1, -0.05) is 0 Å². The molecule has 0 bridgehead atoms. The van der Waals surface area contributed by atoms with Gasteiger partial charge in [0.05, 0.1) is 0 Å². The summed E-state index contributed by atoms with van der Waals surface area (Å²) in [5.41, 5.74) is 0. The van der Waals surface area contributed by atoms with E-state index in [1.54, 1.807) is 0 Å². The first-order valence-corrected chi connectivity index (χ1v) is 2.27. The van der Waals surface area contributed by atoms with E-state index in [1.807, 2.05) is 0 Å². The van der Waals surface area contributed by atoms with Crippen LogP contribution in [0.3, 0.4) is 0 Å². The van der Waals surface area contributed by atoms with Crippen LogP contribution in [0, 0.1) is 0 Å². The molecule has 5 heavy (non-hydrogen) atoms. The van der Waals surface area contributed by atoms with E-state index < -0.39 is 11.1 Å². The quantitative estimate of drug-likeness (QED) is 0.423. The number of hydrogen-bond donors (Lipinski definition) is 1. The molecule has 0 aromatic carbocycles. The Bertz CT molecular complexity index is 32.6. The fourth-order valence-electron chi connectivity index (χ4n) is 0. The van der Waals surface area contributed by atoms with Crippen LogP contribution in [-0.2, 0) is 33.5 Å². The Morgan fingerprint density at radius 2 is 1.80 bits per heavy atom. The molecule has 1 atom stereocenters. The molecule has 1 N–H and O–H groups in total. The standard InChI is InChI=1S/CH4O2S.Ag/c1-4(2)3;/h1H3,(H,2,3);. The minimum atomic E-state index is -1.61. The van der Waals surface area contributed by atoms with Gasteiger partial charge in [0.15, 0.2) is 0 Å². The largest absolute Gasteiger partial charge is 0.306 e. The first kappa shape index (κ1) is 9.28. The van der Waals surface area contributed by atoms with Gasteiger partial charge < -0.3 is 4.55 Å². The Kier molecular flexibility index (Phi) is 9.01. The van der Waals surface area contributed by atoms with Crippen LogP contribution in [-0.4, -0.2) is 15.0 Å². The Labute approximate surface area is 48.8 Å². The molecular formula is CH4AgO2S. The molecule has 0 fully saturated rings. The minimum absolute atomic E-state index is 0. The molecule has 4 heteroatoms. The van der Waals surface area contributed by atoms with E-state index in [2.05, 4.69) is 0 Å². The number of rotatable bonds is 0. The van der Waals surface area contributed by atoms with Gasteiger partial charge in [0.1, 0.15) is 11.1 Å². The second-order valence-electron chi connectivity index (χ2n) is 0.424. The van der Waals surface area contributed by atoms with Crippen LogP contribution < -0.4 is 0 Å². The molecule has 1 radical (unpaired) electrons. The van der Waals surface area contributed by atoms with Gasteiger partial charge in [-0.05, 0) is 0 Å². The van der Waals surface area contributed by atoms with Crippen molar-refractivity contribution in [3.8, 4) is 0 Å². The second kappa shape index (κ2) is 4.85. The third kappa shape index (κ3) is 54.5. The molecule has 0 aliphatic heterocycles. The predicted octanol–water partition coefficient (Wildman–Crippen LogP) is -0.165. The molecule has 0 aromatic heterocycles. The Hall–Kier alpha value is 0.850. The molecule has 0 aliphatic rings. The van der Waals surface area contributed by atoms with E-state index in [-0.39, 0.29) is 22.4 Å². The Morgan fingerprint density at radius 1 is 1.80 bits per heavy atom. The average molecular weight is 188 g/mol. The minimum Gasteiger partial charge on any atom is -0.306 e. The SMILES string of the molecule is CS(=O)O.[Ag]. The number of hydrogen-bond acceptors (Lipinski definition) is 1.